The van der Waals surface area contributed by atoms with Crippen LogP contribution in [0, 0.1) is 15.9 Å². The number of piperazine rings is 1. The van der Waals surface area contributed by atoms with Crippen LogP contribution in [-0.2, 0) is 0 Å². The van der Waals surface area contributed by atoms with Gasteiger partial charge in [-0.2, -0.15) is 0 Å². The van der Waals surface area contributed by atoms with Gasteiger partial charge in [0.25, 0.3) is 11.6 Å². The Labute approximate surface area is 173 Å². The first-order chi connectivity index (χ1) is 13.9. The minimum atomic E-state index is -0.507. The topological polar surface area (TPSA) is 78.7 Å². The lowest BCUT2D eigenvalue weighted by Crippen LogP contribution is -2.46. The van der Waals surface area contributed by atoms with E-state index in [9.17, 15) is 19.3 Å². The van der Waals surface area contributed by atoms with Gasteiger partial charge < -0.3 is 10.2 Å². The van der Waals surface area contributed by atoms with Crippen molar-refractivity contribution >= 4 is 23.4 Å². The monoisotopic (exact) mass is 418 g/mol. The van der Waals surface area contributed by atoms with Crippen molar-refractivity contribution in [2.75, 3.05) is 46.3 Å². The van der Waals surface area contributed by atoms with Crippen LogP contribution >= 0.6 is 11.8 Å². The SMILES string of the molecule is CN1CCN(CCNC(=O)c2ccc(Sc3ccc(F)cc3)c([N+](=O)[O-])c2)CC1. The molecule has 1 N–H and O–H groups in total. The van der Waals surface area contributed by atoms with E-state index in [1.165, 1.54) is 18.2 Å². The molecule has 0 saturated carbocycles. The van der Waals surface area contributed by atoms with Crippen molar-refractivity contribution in [3.63, 3.8) is 0 Å². The predicted molar refractivity (Wildman–Crippen MR) is 110 cm³/mol. The van der Waals surface area contributed by atoms with Crippen LogP contribution in [0.15, 0.2) is 52.3 Å². The predicted octanol–water partition coefficient (Wildman–Crippen LogP) is 2.86. The van der Waals surface area contributed by atoms with Gasteiger partial charge in [-0.1, -0.05) is 11.8 Å². The molecule has 0 aliphatic carbocycles. The Kier molecular flexibility index (Phi) is 7.18. The van der Waals surface area contributed by atoms with Gasteiger partial charge in [0.15, 0.2) is 0 Å². The van der Waals surface area contributed by atoms with Crippen molar-refractivity contribution in [2.45, 2.75) is 9.79 Å². The molecule has 3 rings (SSSR count). The molecule has 1 aliphatic heterocycles. The molecule has 1 heterocycles. The zero-order valence-corrected chi connectivity index (χ0v) is 17.0. The van der Waals surface area contributed by atoms with Crippen molar-refractivity contribution < 1.29 is 14.1 Å². The number of hydrogen-bond donors (Lipinski definition) is 1. The number of nitrogens with zero attached hydrogens (tertiary/aromatic N) is 3. The second-order valence-electron chi connectivity index (χ2n) is 6.90. The number of amides is 1. The second-order valence-corrected chi connectivity index (χ2v) is 8.01. The maximum absolute atomic E-state index is 13.0. The fraction of sp³-hybridized carbons (Fsp3) is 0.350. The van der Waals surface area contributed by atoms with Crippen LogP contribution in [0.5, 0.6) is 0 Å². The van der Waals surface area contributed by atoms with Gasteiger partial charge in [-0.25, -0.2) is 4.39 Å². The largest absolute Gasteiger partial charge is 0.351 e. The quantitative estimate of drug-likeness (QED) is 0.550. The average Bonchev–Trinajstić information content (AvgIpc) is 2.71. The number of hydrogen-bond acceptors (Lipinski definition) is 6. The molecule has 0 bridgehead atoms. The summed E-state index contributed by atoms with van der Waals surface area (Å²) in [6.45, 7) is 5.18. The molecule has 1 aliphatic rings. The Hall–Kier alpha value is -2.49. The zero-order chi connectivity index (χ0) is 20.8. The number of carbonyl (C=O) groups excluding carboxylic acids is 1. The summed E-state index contributed by atoms with van der Waals surface area (Å²) in [7, 11) is 2.09. The third-order valence-electron chi connectivity index (χ3n) is 4.77. The van der Waals surface area contributed by atoms with Gasteiger partial charge in [0.1, 0.15) is 5.82 Å². The summed E-state index contributed by atoms with van der Waals surface area (Å²) in [4.78, 5) is 29.0. The first-order valence-electron chi connectivity index (χ1n) is 9.33. The number of carbonyl (C=O) groups is 1. The van der Waals surface area contributed by atoms with E-state index in [-0.39, 0.29) is 23.0 Å². The molecule has 1 fully saturated rings. The maximum Gasteiger partial charge on any atom is 0.284 e. The van der Waals surface area contributed by atoms with Gasteiger partial charge in [0, 0.05) is 55.8 Å². The molecular formula is C20H23FN4O3S. The van der Waals surface area contributed by atoms with Gasteiger partial charge in [-0.3, -0.25) is 19.8 Å². The molecule has 9 heteroatoms. The van der Waals surface area contributed by atoms with Crippen molar-refractivity contribution in [3.05, 3.63) is 64.0 Å². The molecule has 0 unspecified atom stereocenters. The van der Waals surface area contributed by atoms with Crippen LogP contribution in [-0.4, -0.2) is 66.9 Å². The fourth-order valence-electron chi connectivity index (χ4n) is 3.02. The Balaban J connectivity index is 1.61. The highest BCUT2D eigenvalue weighted by atomic mass is 32.2. The summed E-state index contributed by atoms with van der Waals surface area (Å²) in [5.41, 5.74) is 0.101. The Morgan fingerprint density at radius 1 is 1.17 bits per heavy atom. The van der Waals surface area contributed by atoms with Crippen molar-refractivity contribution in [1.82, 2.24) is 15.1 Å². The van der Waals surface area contributed by atoms with Crippen LogP contribution in [0.1, 0.15) is 10.4 Å². The highest BCUT2D eigenvalue weighted by molar-refractivity contribution is 7.99. The first kappa shape index (κ1) is 21.2. The zero-order valence-electron chi connectivity index (χ0n) is 16.1. The van der Waals surface area contributed by atoms with Gasteiger partial charge in [-0.15, -0.1) is 0 Å². The van der Waals surface area contributed by atoms with Gasteiger partial charge in [0.2, 0.25) is 0 Å². The summed E-state index contributed by atoms with van der Waals surface area (Å²) in [6, 6.07) is 10.1. The Morgan fingerprint density at radius 3 is 2.52 bits per heavy atom. The minimum Gasteiger partial charge on any atom is -0.351 e. The first-order valence-corrected chi connectivity index (χ1v) is 10.1. The number of nitro groups is 1. The molecule has 0 spiro atoms. The number of rotatable bonds is 7. The lowest BCUT2D eigenvalue weighted by Gasteiger charge is -2.32. The summed E-state index contributed by atoms with van der Waals surface area (Å²) in [6.07, 6.45) is 0. The van der Waals surface area contributed by atoms with E-state index >= 15 is 0 Å². The molecule has 2 aromatic rings. The van der Waals surface area contributed by atoms with E-state index in [4.69, 9.17) is 0 Å². The average molecular weight is 418 g/mol. The van der Waals surface area contributed by atoms with Gasteiger partial charge >= 0.3 is 0 Å². The molecule has 1 saturated heterocycles. The number of halogens is 1. The van der Waals surface area contributed by atoms with Crippen LogP contribution < -0.4 is 5.32 Å². The normalized spacial score (nSPS) is 15.2. The molecule has 1 amide bonds. The number of likely N-dealkylation sites (N-methyl/N-ethyl adjacent to an activating group) is 1. The standard InChI is InChI=1S/C20H23FN4O3S/c1-23-10-12-24(13-11-23)9-8-22-20(26)15-2-7-19(18(14-15)25(27)28)29-17-5-3-16(21)4-6-17/h2-7,14H,8-13H2,1H3,(H,22,26). The third-order valence-corrected chi connectivity index (χ3v) is 5.84. The van der Waals surface area contributed by atoms with E-state index in [1.54, 1.807) is 24.3 Å². The Morgan fingerprint density at radius 2 is 1.86 bits per heavy atom. The minimum absolute atomic E-state index is 0.147. The smallest absolute Gasteiger partial charge is 0.284 e. The van der Waals surface area contributed by atoms with E-state index < -0.39 is 4.92 Å². The molecule has 7 nitrogen and oxygen atoms in total. The summed E-state index contributed by atoms with van der Waals surface area (Å²) in [5, 5.41) is 14.3. The summed E-state index contributed by atoms with van der Waals surface area (Å²) in [5.74, 6) is -0.701. The second kappa shape index (κ2) is 9.82. The molecule has 0 radical (unpaired) electrons. The third kappa shape index (κ3) is 5.99. The number of benzene rings is 2. The molecule has 0 atom stereocenters. The van der Waals surface area contributed by atoms with Crippen molar-refractivity contribution in [3.8, 4) is 0 Å². The molecule has 2 aromatic carbocycles. The fourth-order valence-corrected chi connectivity index (χ4v) is 3.92. The van der Waals surface area contributed by atoms with Crippen LogP contribution in [0.3, 0.4) is 0 Å². The summed E-state index contributed by atoms with van der Waals surface area (Å²) < 4.78 is 13.0. The Bertz CT molecular complexity index is 871. The molecular weight excluding hydrogens is 395 g/mol. The molecule has 29 heavy (non-hydrogen) atoms. The lowest BCUT2D eigenvalue weighted by molar-refractivity contribution is -0.387. The van der Waals surface area contributed by atoms with Crippen LogP contribution in [0.2, 0.25) is 0 Å². The van der Waals surface area contributed by atoms with Crippen molar-refractivity contribution in [2.24, 2.45) is 0 Å². The van der Waals surface area contributed by atoms with E-state index in [0.29, 0.717) is 16.3 Å². The van der Waals surface area contributed by atoms with Gasteiger partial charge in [-0.05, 0) is 43.4 Å². The van der Waals surface area contributed by atoms with E-state index in [2.05, 4.69) is 22.2 Å². The molecule has 0 aromatic heterocycles. The van der Waals surface area contributed by atoms with Crippen molar-refractivity contribution in [1.29, 1.82) is 0 Å². The summed E-state index contributed by atoms with van der Waals surface area (Å²) >= 11 is 1.16. The van der Waals surface area contributed by atoms with Gasteiger partial charge in [0.05, 0.1) is 9.82 Å². The van der Waals surface area contributed by atoms with E-state index in [1.807, 2.05) is 0 Å². The highest BCUT2D eigenvalue weighted by Crippen LogP contribution is 2.35. The van der Waals surface area contributed by atoms with Crippen LogP contribution in [0.25, 0.3) is 0 Å². The lowest BCUT2D eigenvalue weighted by atomic mass is 10.2. The number of nitrogens with one attached hydrogen (secondary N) is 1. The molecule has 154 valence electrons. The number of nitro benzene ring substituents is 1. The van der Waals surface area contributed by atoms with E-state index in [0.717, 1.165) is 44.5 Å². The van der Waals surface area contributed by atoms with Crippen LogP contribution in [0.4, 0.5) is 10.1 Å². The maximum atomic E-state index is 13.0. The highest BCUT2D eigenvalue weighted by Gasteiger charge is 2.19.